The van der Waals surface area contributed by atoms with Crippen LogP contribution in [-0.4, -0.2) is 18.1 Å². The molecule has 2 heterocycles. The predicted octanol–water partition coefficient (Wildman–Crippen LogP) is 3.13. The smallest absolute Gasteiger partial charge is 0.0876 e. The van der Waals surface area contributed by atoms with Gasteiger partial charge in [-0.1, -0.05) is 13.0 Å². The van der Waals surface area contributed by atoms with Gasteiger partial charge in [0.2, 0.25) is 0 Å². The summed E-state index contributed by atoms with van der Waals surface area (Å²) in [6.45, 7) is 6.05. The van der Waals surface area contributed by atoms with Crippen molar-refractivity contribution < 1.29 is 4.74 Å². The number of ether oxygens (including phenoxy) is 1. The SMILES string of the molecule is CCCNC(C1=COCCC1)c1ccc(C)nc1. The third-order valence-corrected chi connectivity index (χ3v) is 3.20. The lowest BCUT2D eigenvalue weighted by atomic mass is 9.96. The van der Waals surface area contributed by atoms with Crippen LogP contribution < -0.4 is 5.32 Å². The maximum absolute atomic E-state index is 5.47. The molecule has 0 saturated carbocycles. The maximum atomic E-state index is 5.47. The number of aryl methyl sites for hydroxylation is 1. The van der Waals surface area contributed by atoms with E-state index in [0.717, 1.165) is 38.1 Å². The molecule has 0 aromatic carbocycles. The normalized spacial score (nSPS) is 16.9. The summed E-state index contributed by atoms with van der Waals surface area (Å²) in [7, 11) is 0. The van der Waals surface area contributed by atoms with E-state index in [-0.39, 0.29) is 6.04 Å². The first-order chi connectivity index (χ1) is 8.81. The summed E-state index contributed by atoms with van der Waals surface area (Å²) in [6.07, 6.45) is 7.24. The maximum Gasteiger partial charge on any atom is 0.0876 e. The third-order valence-electron chi connectivity index (χ3n) is 3.20. The van der Waals surface area contributed by atoms with E-state index in [9.17, 15) is 0 Å². The van der Waals surface area contributed by atoms with Gasteiger partial charge in [0.1, 0.15) is 0 Å². The summed E-state index contributed by atoms with van der Waals surface area (Å²) in [5.41, 5.74) is 3.62. The van der Waals surface area contributed by atoms with Crippen molar-refractivity contribution in [3.8, 4) is 0 Å². The van der Waals surface area contributed by atoms with Crippen molar-refractivity contribution in [3.05, 3.63) is 41.4 Å². The second kappa shape index (κ2) is 6.55. The van der Waals surface area contributed by atoms with Gasteiger partial charge in [-0.25, -0.2) is 0 Å². The summed E-state index contributed by atoms with van der Waals surface area (Å²) < 4.78 is 5.47. The number of pyridine rings is 1. The number of aromatic nitrogens is 1. The van der Waals surface area contributed by atoms with Gasteiger partial charge in [0.15, 0.2) is 0 Å². The highest BCUT2D eigenvalue weighted by Gasteiger charge is 2.18. The molecule has 0 saturated heterocycles. The summed E-state index contributed by atoms with van der Waals surface area (Å²) in [5.74, 6) is 0. The second-order valence-corrected chi connectivity index (χ2v) is 4.79. The van der Waals surface area contributed by atoms with E-state index in [2.05, 4.69) is 29.4 Å². The zero-order valence-electron chi connectivity index (χ0n) is 11.3. The van der Waals surface area contributed by atoms with E-state index in [1.165, 1.54) is 11.1 Å². The van der Waals surface area contributed by atoms with Crippen LogP contribution in [0.5, 0.6) is 0 Å². The molecule has 1 aliphatic rings. The fourth-order valence-corrected chi connectivity index (χ4v) is 2.20. The summed E-state index contributed by atoms with van der Waals surface area (Å²) >= 11 is 0. The standard InChI is InChI=1S/C15H22N2O/c1-3-8-16-15(14-5-4-9-18-11-14)13-7-6-12(2)17-10-13/h6-7,10-11,15-16H,3-5,8-9H2,1-2H3. The number of rotatable bonds is 5. The van der Waals surface area contributed by atoms with Crippen LogP contribution in [0.4, 0.5) is 0 Å². The van der Waals surface area contributed by atoms with Gasteiger partial charge >= 0.3 is 0 Å². The topological polar surface area (TPSA) is 34.1 Å². The van der Waals surface area contributed by atoms with E-state index in [4.69, 9.17) is 4.74 Å². The molecule has 1 aromatic heterocycles. The molecule has 0 fully saturated rings. The monoisotopic (exact) mass is 246 g/mol. The largest absolute Gasteiger partial charge is 0.501 e. The lowest BCUT2D eigenvalue weighted by Crippen LogP contribution is -2.25. The van der Waals surface area contributed by atoms with Gasteiger partial charge in [-0.3, -0.25) is 4.98 Å². The molecule has 1 aromatic rings. The Morgan fingerprint density at radius 2 is 2.33 bits per heavy atom. The molecule has 0 amide bonds. The first-order valence-electron chi connectivity index (χ1n) is 6.77. The van der Waals surface area contributed by atoms with Crippen molar-refractivity contribution in [1.82, 2.24) is 10.3 Å². The molecule has 1 unspecified atom stereocenters. The van der Waals surface area contributed by atoms with Crippen LogP contribution in [0.2, 0.25) is 0 Å². The van der Waals surface area contributed by atoms with E-state index >= 15 is 0 Å². The van der Waals surface area contributed by atoms with E-state index in [1.807, 2.05) is 19.4 Å². The molecule has 3 heteroatoms. The van der Waals surface area contributed by atoms with Gasteiger partial charge in [0.25, 0.3) is 0 Å². The lowest BCUT2D eigenvalue weighted by Gasteiger charge is -2.24. The van der Waals surface area contributed by atoms with Crippen molar-refractivity contribution in [1.29, 1.82) is 0 Å². The molecule has 0 radical (unpaired) electrons. The minimum absolute atomic E-state index is 0.248. The fourth-order valence-electron chi connectivity index (χ4n) is 2.20. The zero-order valence-corrected chi connectivity index (χ0v) is 11.3. The number of nitrogens with one attached hydrogen (secondary N) is 1. The molecule has 1 atom stereocenters. The molecular weight excluding hydrogens is 224 g/mol. The summed E-state index contributed by atoms with van der Waals surface area (Å²) in [6, 6.07) is 4.48. The first-order valence-corrected chi connectivity index (χ1v) is 6.77. The molecule has 1 N–H and O–H groups in total. The third kappa shape index (κ3) is 3.33. The van der Waals surface area contributed by atoms with Gasteiger partial charge in [0, 0.05) is 11.9 Å². The number of hydrogen-bond donors (Lipinski definition) is 1. The zero-order chi connectivity index (χ0) is 12.8. The Morgan fingerprint density at radius 3 is 2.94 bits per heavy atom. The lowest BCUT2D eigenvalue weighted by molar-refractivity contribution is 0.219. The van der Waals surface area contributed by atoms with Gasteiger partial charge in [-0.15, -0.1) is 0 Å². The van der Waals surface area contributed by atoms with Crippen molar-refractivity contribution in [2.75, 3.05) is 13.2 Å². The van der Waals surface area contributed by atoms with Crippen LogP contribution in [-0.2, 0) is 4.74 Å². The fraction of sp³-hybridized carbons (Fsp3) is 0.533. The average Bonchev–Trinajstić information content (AvgIpc) is 2.42. The second-order valence-electron chi connectivity index (χ2n) is 4.79. The first kappa shape index (κ1) is 13.1. The molecule has 0 bridgehead atoms. The van der Waals surface area contributed by atoms with Gasteiger partial charge in [0.05, 0.1) is 18.9 Å². The average molecular weight is 246 g/mol. The predicted molar refractivity (Wildman–Crippen MR) is 73.3 cm³/mol. The van der Waals surface area contributed by atoms with Crippen molar-refractivity contribution in [3.63, 3.8) is 0 Å². The van der Waals surface area contributed by atoms with E-state index in [1.54, 1.807) is 0 Å². The van der Waals surface area contributed by atoms with E-state index in [0.29, 0.717) is 0 Å². The Hall–Kier alpha value is -1.35. The molecule has 18 heavy (non-hydrogen) atoms. The highest BCUT2D eigenvalue weighted by molar-refractivity contribution is 5.26. The van der Waals surface area contributed by atoms with Crippen LogP contribution in [0.25, 0.3) is 0 Å². The molecule has 0 aliphatic carbocycles. The number of nitrogens with zero attached hydrogens (tertiary/aromatic N) is 1. The number of hydrogen-bond acceptors (Lipinski definition) is 3. The van der Waals surface area contributed by atoms with Crippen LogP contribution >= 0.6 is 0 Å². The summed E-state index contributed by atoms with van der Waals surface area (Å²) in [4.78, 5) is 4.39. The highest BCUT2D eigenvalue weighted by Crippen LogP contribution is 2.27. The Morgan fingerprint density at radius 1 is 1.44 bits per heavy atom. The van der Waals surface area contributed by atoms with Gasteiger partial charge < -0.3 is 10.1 Å². The molecule has 98 valence electrons. The Kier molecular flexibility index (Phi) is 4.76. The van der Waals surface area contributed by atoms with Crippen LogP contribution in [0.15, 0.2) is 30.2 Å². The summed E-state index contributed by atoms with van der Waals surface area (Å²) in [5, 5.41) is 3.59. The van der Waals surface area contributed by atoms with Crippen molar-refractivity contribution in [2.45, 2.75) is 39.2 Å². The molecule has 0 spiro atoms. The Labute approximate surface area is 109 Å². The van der Waals surface area contributed by atoms with E-state index < -0.39 is 0 Å². The minimum Gasteiger partial charge on any atom is -0.501 e. The molecule has 3 nitrogen and oxygen atoms in total. The van der Waals surface area contributed by atoms with Crippen LogP contribution in [0.3, 0.4) is 0 Å². The Bertz CT molecular complexity index is 397. The highest BCUT2D eigenvalue weighted by atomic mass is 16.5. The molecular formula is C15H22N2O. The Balaban J connectivity index is 2.18. The van der Waals surface area contributed by atoms with Gasteiger partial charge in [-0.2, -0.15) is 0 Å². The van der Waals surface area contributed by atoms with Crippen molar-refractivity contribution in [2.24, 2.45) is 0 Å². The molecule has 2 rings (SSSR count). The van der Waals surface area contributed by atoms with Crippen LogP contribution in [0.1, 0.15) is 43.5 Å². The van der Waals surface area contributed by atoms with Crippen molar-refractivity contribution >= 4 is 0 Å². The van der Waals surface area contributed by atoms with Gasteiger partial charge in [-0.05, 0) is 49.9 Å². The van der Waals surface area contributed by atoms with Crippen LogP contribution in [0, 0.1) is 6.92 Å². The molecule has 1 aliphatic heterocycles. The quantitative estimate of drug-likeness (QED) is 0.866. The minimum atomic E-state index is 0.248.